The zero-order chi connectivity index (χ0) is 18.4. The van der Waals surface area contributed by atoms with Crippen LogP contribution < -0.4 is 10.9 Å². The number of halogens is 1. The number of anilines is 1. The summed E-state index contributed by atoms with van der Waals surface area (Å²) in [5, 5.41) is 6.81. The van der Waals surface area contributed by atoms with Crippen LogP contribution >= 0.6 is 22.9 Å². The topological polar surface area (TPSA) is 92.2 Å². The Morgan fingerprint density at radius 2 is 2.00 bits per heavy atom. The molecular formula is C17H14ClN5O2S. The molecule has 0 fully saturated rings. The Kier molecular flexibility index (Phi) is 4.01. The van der Waals surface area contributed by atoms with Crippen molar-refractivity contribution < 1.29 is 4.79 Å². The molecule has 0 radical (unpaired) electrons. The van der Waals surface area contributed by atoms with E-state index in [4.69, 9.17) is 11.6 Å². The molecule has 0 saturated heterocycles. The highest BCUT2D eigenvalue weighted by atomic mass is 35.5. The van der Waals surface area contributed by atoms with E-state index >= 15 is 0 Å². The molecule has 0 aliphatic heterocycles. The first-order valence-electron chi connectivity index (χ1n) is 7.85. The molecule has 2 N–H and O–H groups in total. The summed E-state index contributed by atoms with van der Waals surface area (Å²) in [7, 11) is 0. The molecule has 0 saturated carbocycles. The third-order valence-corrected chi connectivity index (χ3v) is 5.47. The normalized spacial score (nSPS) is 11.3. The van der Waals surface area contributed by atoms with Gasteiger partial charge in [-0.05, 0) is 43.7 Å². The molecule has 3 heterocycles. The summed E-state index contributed by atoms with van der Waals surface area (Å²) in [5.41, 5.74) is 1.36. The molecular weight excluding hydrogens is 374 g/mol. The minimum absolute atomic E-state index is 0.00289. The molecule has 0 spiro atoms. The van der Waals surface area contributed by atoms with Crippen LogP contribution in [0.4, 0.5) is 5.69 Å². The Morgan fingerprint density at radius 1 is 1.27 bits per heavy atom. The van der Waals surface area contributed by atoms with E-state index in [1.165, 1.54) is 15.9 Å². The number of amides is 1. The Morgan fingerprint density at radius 3 is 2.73 bits per heavy atom. The van der Waals surface area contributed by atoms with Crippen molar-refractivity contribution >= 4 is 50.5 Å². The highest BCUT2D eigenvalue weighted by molar-refractivity contribution is 7.18. The quantitative estimate of drug-likeness (QED) is 0.565. The van der Waals surface area contributed by atoms with Gasteiger partial charge in [0.1, 0.15) is 10.7 Å². The van der Waals surface area contributed by atoms with Crippen LogP contribution in [0.5, 0.6) is 0 Å². The van der Waals surface area contributed by atoms with Crippen LogP contribution in [-0.4, -0.2) is 25.5 Å². The average molecular weight is 388 g/mol. The number of hydrogen-bond donors (Lipinski definition) is 2. The molecule has 4 aromatic rings. The first kappa shape index (κ1) is 16.7. The minimum Gasteiger partial charge on any atom is -0.326 e. The number of nitrogens with zero attached hydrogens (tertiary/aromatic N) is 3. The molecule has 3 aromatic heterocycles. The van der Waals surface area contributed by atoms with Crippen molar-refractivity contribution in [1.82, 2.24) is 19.6 Å². The van der Waals surface area contributed by atoms with Gasteiger partial charge in [0.25, 0.3) is 11.3 Å². The largest absolute Gasteiger partial charge is 0.326 e. The summed E-state index contributed by atoms with van der Waals surface area (Å²) >= 11 is 7.29. The fourth-order valence-electron chi connectivity index (χ4n) is 2.70. The van der Waals surface area contributed by atoms with E-state index in [9.17, 15) is 9.59 Å². The fraction of sp³-hybridized carbons (Fsp3) is 0.176. The monoisotopic (exact) mass is 387 g/mol. The van der Waals surface area contributed by atoms with E-state index in [-0.39, 0.29) is 23.7 Å². The van der Waals surface area contributed by atoms with E-state index in [2.05, 4.69) is 20.4 Å². The van der Waals surface area contributed by atoms with Gasteiger partial charge in [-0.3, -0.25) is 14.7 Å². The SMILES string of the molecule is Cc1sc2nc3nc(CC(=O)Nc4ccc(Cl)cc4)[nH]n3c(=O)c2c1C. The number of hydrogen-bond acceptors (Lipinski definition) is 5. The molecule has 132 valence electrons. The number of carbonyl (C=O) groups is 1. The maximum atomic E-state index is 12.7. The van der Waals surface area contributed by atoms with Crippen LogP contribution in [0.2, 0.25) is 5.02 Å². The summed E-state index contributed by atoms with van der Waals surface area (Å²) in [4.78, 5) is 35.3. The van der Waals surface area contributed by atoms with Gasteiger partial charge in [0.05, 0.1) is 11.8 Å². The van der Waals surface area contributed by atoms with Gasteiger partial charge >= 0.3 is 0 Å². The highest BCUT2D eigenvalue weighted by Crippen LogP contribution is 2.26. The Bertz CT molecular complexity index is 1210. The van der Waals surface area contributed by atoms with Crippen molar-refractivity contribution in [3.8, 4) is 0 Å². The number of thiophene rings is 1. The van der Waals surface area contributed by atoms with Crippen molar-refractivity contribution in [3.05, 3.63) is 55.9 Å². The molecule has 9 heteroatoms. The lowest BCUT2D eigenvalue weighted by Crippen LogP contribution is -2.17. The molecule has 0 aliphatic rings. The smallest absolute Gasteiger partial charge is 0.283 e. The van der Waals surface area contributed by atoms with Gasteiger partial charge in [-0.15, -0.1) is 11.3 Å². The van der Waals surface area contributed by atoms with Crippen LogP contribution in [0, 0.1) is 13.8 Å². The first-order chi connectivity index (χ1) is 12.4. The van der Waals surface area contributed by atoms with Crippen LogP contribution in [0.3, 0.4) is 0 Å². The summed E-state index contributed by atoms with van der Waals surface area (Å²) < 4.78 is 1.28. The maximum Gasteiger partial charge on any atom is 0.283 e. The Labute approximate surface area is 156 Å². The molecule has 0 bridgehead atoms. The fourth-order valence-corrected chi connectivity index (χ4v) is 3.84. The van der Waals surface area contributed by atoms with Crippen molar-refractivity contribution in [2.45, 2.75) is 20.3 Å². The van der Waals surface area contributed by atoms with E-state index in [0.29, 0.717) is 26.8 Å². The predicted molar refractivity (Wildman–Crippen MR) is 102 cm³/mol. The number of nitrogens with one attached hydrogen (secondary N) is 2. The molecule has 0 aliphatic carbocycles. The lowest BCUT2D eigenvalue weighted by molar-refractivity contribution is -0.115. The number of aryl methyl sites for hydroxylation is 2. The van der Waals surface area contributed by atoms with Crippen molar-refractivity contribution in [2.24, 2.45) is 0 Å². The van der Waals surface area contributed by atoms with Crippen molar-refractivity contribution in [2.75, 3.05) is 5.32 Å². The van der Waals surface area contributed by atoms with Gasteiger partial charge in [0.15, 0.2) is 0 Å². The molecule has 0 unspecified atom stereocenters. The minimum atomic E-state index is -0.256. The molecule has 7 nitrogen and oxygen atoms in total. The van der Waals surface area contributed by atoms with Crippen LogP contribution in [-0.2, 0) is 11.2 Å². The predicted octanol–water partition coefficient (Wildman–Crippen LogP) is 3.08. The Balaban J connectivity index is 1.64. The highest BCUT2D eigenvalue weighted by Gasteiger charge is 2.16. The second kappa shape index (κ2) is 6.22. The van der Waals surface area contributed by atoms with E-state index in [0.717, 1.165) is 10.4 Å². The maximum absolute atomic E-state index is 12.7. The summed E-state index contributed by atoms with van der Waals surface area (Å²) in [6, 6.07) is 6.81. The molecule has 26 heavy (non-hydrogen) atoms. The van der Waals surface area contributed by atoms with Gasteiger partial charge < -0.3 is 5.32 Å². The van der Waals surface area contributed by atoms with E-state index in [1.807, 2.05) is 13.8 Å². The second-order valence-electron chi connectivity index (χ2n) is 5.92. The molecule has 1 amide bonds. The van der Waals surface area contributed by atoms with Crippen LogP contribution in [0.15, 0.2) is 29.1 Å². The number of carbonyl (C=O) groups excluding carboxylic acids is 1. The van der Waals surface area contributed by atoms with Gasteiger partial charge in [-0.2, -0.15) is 14.5 Å². The standard InChI is InChI=1S/C17H14ClN5O2S/c1-8-9(2)26-15-14(8)16(25)23-17(21-15)20-12(22-23)7-13(24)19-11-5-3-10(18)4-6-11/h3-6H,7H2,1-2H3,(H,19,24)(H,20,21,22). The first-order valence-corrected chi connectivity index (χ1v) is 9.04. The third kappa shape index (κ3) is 2.87. The van der Waals surface area contributed by atoms with Crippen LogP contribution in [0.1, 0.15) is 16.3 Å². The second-order valence-corrected chi connectivity index (χ2v) is 7.56. The molecule has 4 rings (SSSR count). The number of H-pyrrole nitrogens is 1. The van der Waals surface area contributed by atoms with Gasteiger partial charge in [0, 0.05) is 15.6 Å². The van der Waals surface area contributed by atoms with Crippen molar-refractivity contribution in [1.29, 1.82) is 0 Å². The van der Waals surface area contributed by atoms with Crippen molar-refractivity contribution in [3.63, 3.8) is 0 Å². The molecule has 1 aromatic carbocycles. The van der Waals surface area contributed by atoms with Gasteiger partial charge in [-0.1, -0.05) is 11.6 Å². The zero-order valence-electron chi connectivity index (χ0n) is 14.0. The van der Waals surface area contributed by atoms with Gasteiger partial charge in [-0.25, -0.2) is 0 Å². The number of benzene rings is 1. The number of fused-ring (bicyclic) bond motifs is 2. The molecule has 0 atom stereocenters. The number of aromatic nitrogens is 4. The van der Waals surface area contributed by atoms with E-state index < -0.39 is 0 Å². The third-order valence-electron chi connectivity index (χ3n) is 4.12. The zero-order valence-corrected chi connectivity index (χ0v) is 15.5. The van der Waals surface area contributed by atoms with E-state index in [1.54, 1.807) is 24.3 Å². The summed E-state index contributed by atoms with van der Waals surface area (Å²) in [5.74, 6) is 0.374. The van der Waals surface area contributed by atoms with Crippen LogP contribution in [0.25, 0.3) is 16.0 Å². The Hall–Kier alpha value is -2.71. The average Bonchev–Trinajstić information content (AvgIpc) is 3.11. The number of aromatic amines is 1. The summed E-state index contributed by atoms with van der Waals surface area (Å²) in [6.45, 7) is 3.86. The van der Waals surface area contributed by atoms with Gasteiger partial charge in [0.2, 0.25) is 5.91 Å². The summed E-state index contributed by atoms with van der Waals surface area (Å²) in [6.07, 6.45) is -0.00289. The number of rotatable bonds is 3. The lowest BCUT2D eigenvalue weighted by atomic mass is 10.2. The lowest BCUT2D eigenvalue weighted by Gasteiger charge is -2.03.